The summed E-state index contributed by atoms with van der Waals surface area (Å²) >= 11 is 3.56. The Balaban J connectivity index is 1.80. The predicted molar refractivity (Wildman–Crippen MR) is 81.5 cm³/mol. The van der Waals surface area contributed by atoms with Crippen molar-refractivity contribution in [3.05, 3.63) is 46.8 Å². The molecule has 3 rings (SSSR count). The molecule has 1 aliphatic heterocycles. The van der Waals surface area contributed by atoms with Gasteiger partial charge in [-0.2, -0.15) is 0 Å². The minimum Gasteiger partial charge on any atom is -0.379 e. The molecule has 4 nitrogen and oxygen atoms in total. The van der Waals surface area contributed by atoms with Gasteiger partial charge in [0.05, 0.1) is 18.9 Å². The summed E-state index contributed by atoms with van der Waals surface area (Å²) in [4.78, 5) is 9.03. The van der Waals surface area contributed by atoms with Gasteiger partial charge in [0.15, 0.2) is 0 Å². The van der Waals surface area contributed by atoms with Crippen molar-refractivity contribution in [1.82, 2.24) is 15.3 Å². The Morgan fingerprint density at radius 1 is 1.30 bits per heavy atom. The smallest absolute Gasteiger partial charge is 0.130 e. The van der Waals surface area contributed by atoms with E-state index in [9.17, 15) is 0 Å². The molecule has 0 bridgehead atoms. The molecule has 104 valence electrons. The molecule has 1 aromatic heterocycles. The van der Waals surface area contributed by atoms with E-state index in [1.165, 1.54) is 0 Å². The molecule has 1 unspecified atom stereocenters. The Morgan fingerprint density at radius 3 is 3.00 bits per heavy atom. The van der Waals surface area contributed by atoms with Crippen LogP contribution >= 0.6 is 15.9 Å². The first kappa shape index (κ1) is 13.7. The van der Waals surface area contributed by atoms with Crippen molar-refractivity contribution in [2.75, 3.05) is 19.8 Å². The van der Waals surface area contributed by atoms with E-state index in [1.807, 2.05) is 30.5 Å². The van der Waals surface area contributed by atoms with Crippen molar-refractivity contribution in [2.45, 2.75) is 12.5 Å². The van der Waals surface area contributed by atoms with Gasteiger partial charge in [0.2, 0.25) is 0 Å². The zero-order valence-corrected chi connectivity index (χ0v) is 12.6. The molecular weight excluding hydrogens is 318 g/mol. The number of benzene rings is 1. The van der Waals surface area contributed by atoms with E-state index in [-0.39, 0.29) is 0 Å². The minimum atomic E-state index is 0.304. The van der Waals surface area contributed by atoms with Crippen LogP contribution in [0.25, 0.3) is 11.3 Å². The third-order valence-corrected chi connectivity index (χ3v) is 3.97. The third kappa shape index (κ3) is 3.23. The molecule has 0 aliphatic carbocycles. The Hall–Kier alpha value is -1.30. The normalized spacial score (nSPS) is 18.9. The summed E-state index contributed by atoms with van der Waals surface area (Å²) in [6, 6.07) is 10.3. The van der Waals surface area contributed by atoms with E-state index in [2.05, 4.69) is 37.3 Å². The summed E-state index contributed by atoms with van der Waals surface area (Å²) in [5, 5.41) is 3.42. The fourth-order valence-corrected chi connectivity index (χ4v) is 2.78. The molecule has 0 saturated carbocycles. The second-order valence-electron chi connectivity index (χ2n) is 4.77. The largest absolute Gasteiger partial charge is 0.379 e. The van der Waals surface area contributed by atoms with E-state index in [0.717, 1.165) is 47.7 Å². The highest BCUT2D eigenvalue weighted by Crippen LogP contribution is 2.26. The lowest BCUT2D eigenvalue weighted by atomic mass is 10.1. The summed E-state index contributed by atoms with van der Waals surface area (Å²) in [5.74, 6) is 0.848. The van der Waals surface area contributed by atoms with Crippen LogP contribution in [-0.4, -0.2) is 35.8 Å². The van der Waals surface area contributed by atoms with Crippen LogP contribution in [0.1, 0.15) is 5.82 Å². The van der Waals surface area contributed by atoms with Crippen molar-refractivity contribution >= 4 is 15.9 Å². The predicted octanol–water partition coefficient (Wildman–Crippen LogP) is 2.44. The minimum absolute atomic E-state index is 0.304. The lowest BCUT2D eigenvalue weighted by Gasteiger charge is -2.23. The highest BCUT2D eigenvalue weighted by Gasteiger charge is 2.15. The van der Waals surface area contributed by atoms with Gasteiger partial charge in [0, 0.05) is 35.2 Å². The maximum absolute atomic E-state index is 5.46. The van der Waals surface area contributed by atoms with Crippen molar-refractivity contribution in [1.29, 1.82) is 0 Å². The van der Waals surface area contributed by atoms with Crippen molar-refractivity contribution < 1.29 is 4.74 Å². The van der Waals surface area contributed by atoms with Crippen LogP contribution in [0.4, 0.5) is 0 Å². The highest BCUT2D eigenvalue weighted by atomic mass is 79.9. The molecule has 1 N–H and O–H groups in total. The average Bonchev–Trinajstić information content (AvgIpc) is 2.49. The van der Waals surface area contributed by atoms with Crippen LogP contribution in [-0.2, 0) is 11.2 Å². The van der Waals surface area contributed by atoms with E-state index >= 15 is 0 Å². The maximum Gasteiger partial charge on any atom is 0.130 e. The number of nitrogens with zero attached hydrogens (tertiary/aromatic N) is 2. The molecule has 20 heavy (non-hydrogen) atoms. The standard InChI is InChI=1S/C15H16BrN3O/c16-13-4-2-1-3-12(13)14-5-6-18-15(19-14)9-11-10-20-8-7-17-11/h1-6,11,17H,7-10H2. The molecule has 2 aromatic rings. The first-order valence-electron chi connectivity index (χ1n) is 6.71. The first-order chi connectivity index (χ1) is 9.83. The lowest BCUT2D eigenvalue weighted by molar-refractivity contribution is 0.0764. The summed E-state index contributed by atoms with van der Waals surface area (Å²) < 4.78 is 6.51. The number of morpholine rings is 1. The molecule has 1 fully saturated rings. The number of ether oxygens (including phenoxy) is 1. The number of halogens is 1. The summed E-state index contributed by atoms with van der Waals surface area (Å²) in [6.07, 6.45) is 2.61. The Kier molecular flexibility index (Phi) is 4.40. The lowest BCUT2D eigenvalue weighted by Crippen LogP contribution is -2.42. The fourth-order valence-electron chi connectivity index (χ4n) is 2.29. The fraction of sp³-hybridized carbons (Fsp3) is 0.333. The Bertz CT molecular complexity index is 585. The Morgan fingerprint density at radius 2 is 2.20 bits per heavy atom. The molecule has 0 amide bonds. The molecule has 1 aliphatic rings. The van der Waals surface area contributed by atoms with Crippen LogP contribution < -0.4 is 5.32 Å². The van der Waals surface area contributed by atoms with Gasteiger partial charge in [-0.05, 0) is 12.1 Å². The van der Waals surface area contributed by atoms with Gasteiger partial charge in [-0.25, -0.2) is 9.97 Å². The van der Waals surface area contributed by atoms with Crippen LogP contribution in [0.15, 0.2) is 41.0 Å². The number of rotatable bonds is 3. The zero-order valence-electron chi connectivity index (χ0n) is 11.1. The summed E-state index contributed by atoms with van der Waals surface area (Å²) in [5.41, 5.74) is 2.03. The van der Waals surface area contributed by atoms with Crippen molar-refractivity contribution in [2.24, 2.45) is 0 Å². The SMILES string of the molecule is Brc1ccccc1-c1ccnc(CC2COCCN2)n1. The first-order valence-corrected chi connectivity index (χ1v) is 7.50. The number of aromatic nitrogens is 2. The van der Waals surface area contributed by atoms with Gasteiger partial charge in [-0.1, -0.05) is 34.1 Å². The van der Waals surface area contributed by atoms with Gasteiger partial charge in [-0.3, -0.25) is 0 Å². The summed E-state index contributed by atoms with van der Waals surface area (Å²) in [6.45, 7) is 2.41. The second-order valence-corrected chi connectivity index (χ2v) is 5.62. The topological polar surface area (TPSA) is 47.0 Å². The molecule has 1 saturated heterocycles. The molecule has 1 aromatic carbocycles. The highest BCUT2D eigenvalue weighted by molar-refractivity contribution is 9.10. The van der Waals surface area contributed by atoms with Gasteiger partial charge in [0.25, 0.3) is 0 Å². The van der Waals surface area contributed by atoms with Crippen LogP contribution in [0.2, 0.25) is 0 Å². The second kappa shape index (κ2) is 6.43. The van der Waals surface area contributed by atoms with Gasteiger partial charge < -0.3 is 10.1 Å². The Labute approximate surface area is 126 Å². The van der Waals surface area contributed by atoms with E-state index in [1.54, 1.807) is 0 Å². The third-order valence-electron chi connectivity index (χ3n) is 3.28. The molecule has 5 heteroatoms. The van der Waals surface area contributed by atoms with Crippen LogP contribution in [0.5, 0.6) is 0 Å². The van der Waals surface area contributed by atoms with E-state index < -0.39 is 0 Å². The molecule has 0 spiro atoms. The molecule has 2 heterocycles. The van der Waals surface area contributed by atoms with Crippen LogP contribution in [0.3, 0.4) is 0 Å². The number of hydrogen-bond acceptors (Lipinski definition) is 4. The van der Waals surface area contributed by atoms with E-state index in [4.69, 9.17) is 4.74 Å². The monoisotopic (exact) mass is 333 g/mol. The number of nitrogens with one attached hydrogen (secondary N) is 1. The van der Waals surface area contributed by atoms with Crippen LogP contribution in [0, 0.1) is 0 Å². The maximum atomic E-state index is 5.46. The van der Waals surface area contributed by atoms with Gasteiger partial charge in [-0.15, -0.1) is 0 Å². The summed E-state index contributed by atoms with van der Waals surface area (Å²) in [7, 11) is 0. The average molecular weight is 334 g/mol. The van der Waals surface area contributed by atoms with Gasteiger partial charge >= 0.3 is 0 Å². The quantitative estimate of drug-likeness (QED) is 0.937. The molecular formula is C15H16BrN3O. The molecule has 1 atom stereocenters. The number of hydrogen-bond donors (Lipinski definition) is 1. The molecule has 0 radical (unpaired) electrons. The van der Waals surface area contributed by atoms with Crippen molar-refractivity contribution in [3.8, 4) is 11.3 Å². The van der Waals surface area contributed by atoms with E-state index in [0.29, 0.717) is 6.04 Å². The van der Waals surface area contributed by atoms with Crippen molar-refractivity contribution in [3.63, 3.8) is 0 Å². The zero-order chi connectivity index (χ0) is 13.8. The van der Waals surface area contributed by atoms with Gasteiger partial charge in [0.1, 0.15) is 5.82 Å².